The minimum atomic E-state index is -0.567. The molecule has 166 valence electrons. The van der Waals surface area contributed by atoms with Crippen LogP contribution in [0.4, 0.5) is 0 Å². The number of nitrogens with zero attached hydrogens (tertiary/aromatic N) is 1. The molecule has 0 bridgehead atoms. The van der Waals surface area contributed by atoms with Crippen LogP contribution in [0.3, 0.4) is 0 Å². The molecule has 4 aliphatic heterocycles. The molecule has 0 aliphatic carbocycles. The lowest BCUT2D eigenvalue weighted by atomic mass is 9.83. The number of ether oxygens (including phenoxy) is 1. The molecule has 3 fully saturated rings. The number of imide groups is 1. The van der Waals surface area contributed by atoms with Crippen molar-refractivity contribution in [1.29, 1.82) is 0 Å². The van der Waals surface area contributed by atoms with Crippen molar-refractivity contribution in [2.24, 2.45) is 0 Å². The summed E-state index contributed by atoms with van der Waals surface area (Å²) in [5.74, 6) is -0.759. The van der Waals surface area contributed by atoms with Gasteiger partial charge < -0.3 is 20.3 Å². The van der Waals surface area contributed by atoms with Crippen molar-refractivity contribution in [2.45, 2.75) is 69.3 Å². The van der Waals surface area contributed by atoms with E-state index in [9.17, 15) is 14.4 Å². The van der Waals surface area contributed by atoms with Gasteiger partial charge in [-0.15, -0.1) is 0 Å². The topological polar surface area (TPSA) is 99.8 Å². The van der Waals surface area contributed by atoms with Crippen molar-refractivity contribution in [3.63, 3.8) is 0 Å². The van der Waals surface area contributed by atoms with Crippen LogP contribution in [-0.4, -0.2) is 60.0 Å². The number of hydrogen-bond donors (Lipinski definition) is 3. The fourth-order valence-corrected chi connectivity index (χ4v) is 5.43. The minimum Gasteiger partial charge on any atom is -0.375 e. The van der Waals surface area contributed by atoms with Crippen molar-refractivity contribution >= 4 is 17.7 Å². The first-order chi connectivity index (χ1) is 15.0. The van der Waals surface area contributed by atoms with Crippen LogP contribution in [-0.2, 0) is 27.4 Å². The van der Waals surface area contributed by atoms with E-state index in [1.807, 2.05) is 12.1 Å². The van der Waals surface area contributed by atoms with Crippen LogP contribution in [0.15, 0.2) is 18.2 Å². The predicted molar refractivity (Wildman–Crippen MR) is 113 cm³/mol. The second kappa shape index (κ2) is 8.33. The average molecular weight is 427 g/mol. The Labute approximate surface area is 182 Å². The summed E-state index contributed by atoms with van der Waals surface area (Å²) in [6.07, 6.45) is 4.86. The maximum Gasteiger partial charge on any atom is 0.255 e. The van der Waals surface area contributed by atoms with Crippen LogP contribution in [0.1, 0.15) is 60.0 Å². The zero-order chi connectivity index (χ0) is 21.4. The molecule has 3 N–H and O–H groups in total. The average Bonchev–Trinajstić information content (AvgIpc) is 3.08. The second-order valence-corrected chi connectivity index (χ2v) is 9.24. The van der Waals surface area contributed by atoms with Crippen molar-refractivity contribution in [3.05, 3.63) is 34.9 Å². The van der Waals surface area contributed by atoms with Crippen LogP contribution < -0.4 is 16.0 Å². The maximum atomic E-state index is 12.8. The molecule has 8 nitrogen and oxygen atoms in total. The number of carbonyl (C=O) groups excluding carboxylic acids is 3. The van der Waals surface area contributed by atoms with Gasteiger partial charge in [0.25, 0.3) is 5.91 Å². The third-order valence-corrected chi connectivity index (χ3v) is 7.19. The fraction of sp³-hybridized carbons (Fsp3) is 0.609. The van der Waals surface area contributed by atoms with E-state index in [0.29, 0.717) is 24.6 Å². The zero-order valence-corrected chi connectivity index (χ0v) is 17.7. The van der Waals surface area contributed by atoms with Gasteiger partial charge in [-0.05, 0) is 62.4 Å². The Kier molecular flexibility index (Phi) is 5.54. The summed E-state index contributed by atoms with van der Waals surface area (Å²) in [6, 6.07) is 5.81. The van der Waals surface area contributed by atoms with Gasteiger partial charge >= 0.3 is 0 Å². The Hall–Kier alpha value is -2.29. The Balaban J connectivity index is 1.21. The van der Waals surface area contributed by atoms with E-state index in [4.69, 9.17) is 4.74 Å². The van der Waals surface area contributed by atoms with Gasteiger partial charge in [0.15, 0.2) is 0 Å². The standard InChI is InChI=1S/C23H30N4O4/c28-20-4-3-19(21(29)26-20)27-14-16-11-15(1-2-18(16)22(27)30)13-25-17-5-10-31-23(12-17)6-8-24-9-7-23/h1-2,11,17,19,24-25H,3-10,12-14H2,(H,26,28,29). The van der Waals surface area contributed by atoms with Gasteiger partial charge in [-0.1, -0.05) is 12.1 Å². The molecular formula is C23H30N4O4. The van der Waals surface area contributed by atoms with E-state index in [-0.39, 0.29) is 29.7 Å². The normalized spacial score (nSPS) is 28.0. The van der Waals surface area contributed by atoms with Crippen LogP contribution >= 0.6 is 0 Å². The molecule has 3 saturated heterocycles. The quantitative estimate of drug-likeness (QED) is 0.617. The SMILES string of the molecule is O=C1CCC(N2Cc3cc(CNC4CCOC5(CCNCC5)C4)ccc3C2=O)C(=O)N1. The third kappa shape index (κ3) is 4.12. The second-order valence-electron chi connectivity index (χ2n) is 9.24. The van der Waals surface area contributed by atoms with Gasteiger partial charge in [0.1, 0.15) is 6.04 Å². The Morgan fingerprint density at radius 2 is 2.00 bits per heavy atom. The molecule has 3 amide bonds. The van der Waals surface area contributed by atoms with E-state index in [2.05, 4.69) is 22.0 Å². The molecule has 4 heterocycles. The number of carbonyl (C=O) groups is 3. The molecule has 2 unspecified atom stereocenters. The molecule has 0 saturated carbocycles. The number of benzene rings is 1. The summed E-state index contributed by atoms with van der Waals surface area (Å²) < 4.78 is 6.17. The van der Waals surface area contributed by atoms with Gasteiger partial charge in [0, 0.05) is 37.7 Å². The molecule has 1 spiro atoms. The number of hydrogen-bond acceptors (Lipinski definition) is 6. The first kappa shape index (κ1) is 20.6. The molecule has 2 atom stereocenters. The summed E-state index contributed by atoms with van der Waals surface area (Å²) in [4.78, 5) is 38.1. The first-order valence-electron chi connectivity index (χ1n) is 11.4. The molecule has 31 heavy (non-hydrogen) atoms. The largest absolute Gasteiger partial charge is 0.375 e. The van der Waals surface area contributed by atoms with Crippen molar-refractivity contribution in [2.75, 3.05) is 19.7 Å². The molecule has 5 rings (SSSR count). The number of nitrogens with one attached hydrogen (secondary N) is 3. The number of amides is 3. The Morgan fingerprint density at radius 1 is 1.16 bits per heavy atom. The van der Waals surface area contributed by atoms with E-state index >= 15 is 0 Å². The fourth-order valence-electron chi connectivity index (χ4n) is 5.43. The number of piperidine rings is 2. The van der Waals surface area contributed by atoms with Crippen molar-refractivity contribution in [1.82, 2.24) is 20.9 Å². The predicted octanol–water partition coefficient (Wildman–Crippen LogP) is 0.838. The molecule has 0 radical (unpaired) electrons. The minimum absolute atomic E-state index is 0.0218. The van der Waals surface area contributed by atoms with E-state index < -0.39 is 6.04 Å². The highest BCUT2D eigenvalue weighted by atomic mass is 16.5. The van der Waals surface area contributed by atoms with Crippen molar-refractivity contribution < 1.29 is 19.1 Å². The van der Waals surface area contributed by atoms with E-state index in [1.54, 1.807) is 4.90 Å². The third-order valence-electron chi connectivity index (χ3n) is 7.19. The number of rotatable bonds is 4. The molecule has 1 aromatic rings. The molecule has 4 aliphatic rings. The highest BCUT2D eigenvalue weighted by Crippen LogP contribution is 2.33. The summed E-state index contributed by atoms with van der Waals surface area (Å²) in [6.45, 7) is 4.02. The van der Waals surface area contributed by atoms with E-state index in [1.165, 1.54) is 0 Å². The van der Waals surface area contributed by atoms with Crippen LogP contribution in [0, 0.1) is 0 Å². The van der Waals surface area contributed by atoms with Crippen LogP contribution in [0.25, 0.3) is 0 Å². The monoisotopic (exact) mass is 426 g/mol. The molecule has 0 aromatic heterocycles. The molecule has 1 aromatic carbocycles. The lowest BCUT2D eigenvalue weighted by molar-refractivity contribution is -0.136. The van der Waals surface area contributed by atoms with E-state index in [0.717, 1.165) is 63.1 Å². The lowest BCUT2D eigenvalue weighted by Crippen LogP contribution is -2.52. The summed E-state index contributed by atoms with van der Waals surface area (Å²) >= 11 is 0. The maximum absolute atomic E-state index is 12.8. The van der Waals surface area contributed by atoms with Crippen LogP contribution in [0.5, 0.6) is 0 Å². The summed E-state index contributed by atoms with van der Waals surface area (Å²) in [7, 11) is 0. The first-order valence-corrected chi connectivity index (χ1v) is 11.4. The lowest BCUT2D eigenvalue weighted by Gasteiger charge is -2.44. The number of fused-ring (bicyclic) bond motifs is 1. The van der Waals surface area contributed by atoms with Gasteiger partial charge in [-0.3, -0.25) is 19.7 Å². The smallest absolute Gasteiger partial charge is 0.255 e. The summed E-state index contributed by atoms with van der Waals surface area (Å²) in [5, 5.41) is 9.46. The Morgan fingerprint density at radius 3 is 2.81 bits per heavy atom. The van der Waals surface area contributed by atoms with Gasteiger partial charge in [0.05, 0.1) is 5.60 Å². The summed E-state index contributed by atoms with van der Waals surface area (Å²) in [5.41, 5.74) is 2.78. The molecule has 8 heteroatoms. The molecular weight excluding hydrogens is 396 g/mol. The van der Waals surface area contributed by atoms with Gasteiger partial charge in [-0.2, -0.15) is 0 Å². The highest BCUT2D eigenvalue weighted by molar-refractivity contribution is 6.05. The highest BCUT2D eigenvalue weighted by Gasteiger charge is 2.40. The van der Waals surface area contributed by atoms with Crippen LogP contribution in [0.2, 0.25) is 0 Å². The van der Waals surface area contributed by atoms with Crippen molar-refractivity contribution in [3.8, 4) is 0 Å². The zero-order valence-electron chi connectivity index (χ0n) is 17.7. The Bertz CT molecular complexity index is 890. The van der Waals surface area contributed by atoms with Gasteiger partial charge in [0.2, 0.25) is 11.8 Å². The van der Waals surface area contributed by atoms with Gasteiger partial charge in [-0.25, -0.2) is 0 Å².